The first-order chi connectivity index (χ1) is 15.2. The van der Waals surface area contributed by atoms with Crippen LogP contribution in [0.15, 0.2) is 24.3 Å². The van der Waals surface area contributed by atoms with Crippen molar-refractivity contribution in [3.63, 3.8) is 0 Å². The molecule has 2 saturated heterocycles. The van der Waals surface area contributed by atoms with Gasteiger partial charge in [-0.05, 0) is 52.7 Å². The van der Waals surface area contributed by atoms with Crippen LogP contribution in [0.3, 0.4) is 0 Å². The molecule has 8 nitrogen and oxygen atoms in total. The van der Waals surface area contributed by atoms with Gasteiger partial charge in [0.05, 0.1) is 49.8 Å². The fourth-order valence-electron chi connectivity index (χ4n) is 3.04. The molecule has 2 atom stereocenters. The van der Waals surface area contributed by atoms with Crippen LogP contribution in [-0.2, 0) is 28.4 Å². The van der Waals surface area contributed by atoms with E-state index in [9.17, 15) is 9.59 Å². The smallest absolute Gasteiger partial charge is 0.339 e. The molecule has 2 aliphatic heterocycles. The Labute approximate surface area is 189 Å². The highest BCUT2D eigenvalue weighted by atomic mass is 16.6. The standard InChI is InChI=1S/C24H34O8/c1-23(2,15-27-11-9-17-13-29-17)31-21(25)19-7-5-6-8-20(19)22(26)32-24(3,4)16-28-12-10-18-14-30-18/h5-8,17-18H,9-16H2,1-4H3. The second-order valence-corrected chi connectivity index (χ2v) is 9.44. The topological polar surface area (TPSA) is 96.1 Å². The van der Waals surface area contributed by atoms with Crippen molar-refractivity contribution < 1.29 is 38.0 Å². The van der Waals surface area contributed by atoms with E-state index in [1.165, 1.54) is 0 Å². The van der Waals surface area contributed by atoms with Gasteiger partial charge in [-0.3, -0.25) is 0 Å². The van der Waals surface area contributed by atoms with E-state index in [0.29, 0.717) is 25.4 Å². The first-order valence-corrected chi connectivity index (χ1v) is 11.1. The van der Waals surface area contributed by atoms with Gasteiger partial charge >= 0.3 is 11.9 Å². The van der Waals surface area contributed by atoms with Crippen molar-refractivity contribution in [2.24, 2.45) is 0 Å². The Kier molecular flexibility index (Phi) is 8.27. The van der Waals surface area contributed by atoms with Crippen molar-refractivity contribution >= 4 is 11.9 Å². The van der Waals surface area contributed by atoms with E-state index in [2.05, 4.69) is 0 Å². The van der Waals surface area contributed by atoms with Crippen LogP contribution in [0.1, 0.15) is 61.3 Å². The molecule has 2 fully saturated rings. The van der Waals surface area contributed by atoms with E-state index >= 15 is 0 Å². The second-order valence-electron chi connectivity index (χ2n) is 9.44. The molecule has 32 heavy (non-hydrogen) atoms. The Morgan fingerprint density at radius 3 is 1.53 bits per heavy atom. The Bertz CT molecular complexity index is 715. The molecule has 2 unspecified atom stereocenters. The lowest BCUT2D eigenvalue weighted by molar-refractivity contribution is -0.0508. The zero-order chi connectivity index (χ0) is 23.2. The quantitative estimate of drug-likeness (QED) is 0.242. The van der Waals surface area contributed by atoms with Gasteiger partial charge in [-0.15, -0.1) is 0 Å². The molecule has 0 radical (unpaired) electrons. The number of hydrogen-bond donors (Lipinski definition) is 0. The molecule has 1 aromatic carbocycles. The SMILES string of the molecule is CC(C)(COCCC1CO1)OC(=O)c1ccccc1C(=O)OC(C)(C)COCCC1CO1. The Balaban J connectivity index is 1.51. The third kappa shape index (κ3) is 8.50. The predicted molar refractivity (Wildman–Crippen MR) is 116 cm³/mol. The van der Waals surface area contributed by atoms with Crippen molar-refractivity contribution in [1.29, 1.82) is 0 Å². The maximum Gasteiger partial charge on any atom is 0.339 e. The molecule has 3 rings (SSSR count). The molecule has 2 heterocycles. The van der Waals surface area contributed by atoms with Crippen LogP contribution in [0, 0.1) is 0 Å². The average Bonchev–Trinajstić information content (AvgIpc) is 3.63. The summed E-state index contributed by atoms with van der Waals surface area (Å²) >= 11 is 0. The van der Waals surface area contributed by atoms with Crippen molar-refractivity contribution in [3.8, 4) is 0 Å². The van der Waals surface area contributed by atoms with Gasteiger partial charge < -0.3 is 28.4 Å². The van der Waals surface area contributed by atoms with Crippen LogP contribution in [0.5, 0.6) is 0 Å². The largest absolute Gasteiger partial charge is 0.454 e. The molecule has 0 bridgehead atoms. The molecule has 1 aromatic rings. The van der Waals surface area contributed by atoms with Crippen LogP contribution in [-0.4, -0.2) is 75.0 Å². The summed E-state index contributed by atoms with van der Waals surface area (Å²) in [5.74, 6) is -1.20. The van der Waals surface area contributed by atoms with E-state index in [0.717, 1.165) is 26.1 Å². The van der Waals surface area contributed by atoms with Gasteiger partial charge in [-0.1, -0.05) is 12.1 Å². The van der Waals surface area contributed by atoms with Gasteiger partial charge in [0.1, 0.15) is 11.2 Å². The maximum absolute atomic E-state index is 12.8. The minimum absolute atomic E-state index is 0.152. The summed E-state index contributed by atoms with van der Waals surface area (Å²) in [6, 6.07) is 6.47. The highest BCUT2D eigenvalue weighted by Crippen LogP contribution is 2.21. The zero-order valence-corrected chi connectivity index (χ0v) is 19.4. The van der Waals surface area contributed by atoms with Crippen LogP contribution in [0.4, 0.5) is 0 Å². The molecular formula is C24H34O8. The van der Waals surface area contributed by atoms with Gasteiger partial charge in [-0.2, -0.15) is 0 Å². The van der Waals surface area contributed by atoms with Gasteiger partial charge in [0, 0.05) is 13.2 Å². The number of ether oxygens (including phenoxy) is 6. The molecule has 0 aromatic heterocycles. The summed E-state index contributed by atoms with van der Waals surface area (Å²) in [6.45, 7) is 10.2. The molecule has 8 heteroatoms. The number of esters is 2. The minimum Gasteiger partial charge on any atom is -0.454 e. The molecule has 0 spiro atoms. The molecule has 0 saturated carbocycles. The molecule has 0 aliphatic carbocycles. The maximum atomic E-state index is 12.8. The van der Waals surface area contributed by atoms with Crippen molar-refractivity contribution in [2.75, 3.05) is 39.6 Å². The van der Waals surface area contributed by atoms with E-state index < -0.39 is 23.1 Å². The van der Waals surface area contributed by atoms with E-state index in [-0.39, 0.29) is 24.3 Å². The fraction of sp³-hybridized carbons (Fsp3) is 0.667. The lowest BCUT2D eigenvalue weighted by Gasteiger charge is -2.27. The van der Waals surface area contributed by atoms with Gasteiger partial charge in [-0.25, -0.2) is 9.59 Å². The van der Waals surface area contributed by atoms with E-state index in [4.69, 9.17) is 28.4 Å². The molecular weight excluding hydrogens is 416 g/mol. The van der Waals surface area contributed by atoms with Crippen molar-refractivity contribution in [1.82, 2.24) is 0 Å². The normalized spacial score (nSPS) is 20.0. The Hall–Kier alpha value is -2.00. The average molecular weight is 451 g/mol. The number of carbonyl (C=O) groups excluding carboxylic acids is 2. The Morgan fingerprint density at radius 1 is 0.812 bits per heavy atom. The lowest BCUT2D eigenvalue weighted by Crippen LogP contribution is -2.36. The number of hydrogen-bond acceptors (Lipinski definition) is 8. The number of carbonyl (C=O) groups is 2. The number of epoxide rings is 2. The van der Waals surface area contributed by atoms with E-state index in [1.54, 1.807) is 52.0 Å². The molecule has 2 aliphatic rings. The first kappa shape index (κ1) is 24.6. The molecule has 0 amide bonds. The summed E-state index contributed by atoms with van der Waals surface area (Å²) in [5.41, 5.74) is -1.40. The van der Waals surface area contributed by atoms with Crippen molar-refractivity contribution in [2.45, 2.75) is 63.9 Å². The van der Waals surface area contributed by atoms with Crippen LogP contribution >= 0.6 is 0 Å². The number of benzene rings is 1. The summed E-state index contributed by atoms with van der Waals surface area (Å²) in [6.07, 6.45) is 2.24. The predicted octanol–water partition coefficient (Wildman–Crippen LogP) is 3.17. The van der Waals surface area contributed by atoms with Crippen LogP contribution < -0.4 is 0 Å². The molecule has 0 N–H and O–H groups in total. The third-order valence-corrected chi connectivity index (χ3v) is 4.98. The Morgan fingerprint density at radius 2 is 1.19 bits per heavy atom. The van der Waals surface area contributed by atoms with E-state index in [1.807, 2.05) is 0 Å². The molecule has 178 valence electrons. The summed E-state index contributed by atoms with van der Waals surface area (Å²) in [7, 11) is 0. The third-order valence-electron chi connectivity index (χ3n) is 4.98. The van der Waals surface area contributed by atoms with Crippen molar-refractivity contribution in [3.05, 3.63) is 35.4 Å². The van der Waals surface area contributed by atoms with Gasteiger partial charge in [0.2, 0.25) is 0 Å². The summed E-state index contributed by atoms with van der Waals surface area (Å²) < 4.78 is 32.8. The minimum atomic E-state index is -0.850. The first-order valence-electron chi connectivity index (χ1n) is 11.1. The van der Waals surface area contributed by atoms with Gasteiger partial charge in [0.25, 0.3) is 0 Å². The van der Waals surface area contributed by atoms with Crippen LogP contribution in [0.2, 0.25) is 0 Å². The monoisotopic (exact) mass is 450 g/mol. The second kappa shape index (κ2) is 10.7. The zero-order valence-electron chi connectivity index (χ0n) is 19.4. The van der Waals surface area contributed by atoms with Crippen LogP contribution in [0.25, 0.3) is 0 Å². The number of rotatable bonds is 14. The lowest BCUT2D eigenvalue weighted by atomic mass is 10.1. The summed E-state index contributed by atoms with van der Waals surface area (Å²) in [5, 5.41) is 0. The van der Waals surface area contributed by atoms with Gasteiger partial charge in [0.15, 0.2) is 0 Å². The summed E-state index contributed by atoms with van der Waals surface area (Å²) in [4.78, 5) is 25.7. The fourth-order valence-corrected chi connectivity index (χ4v) is 3.04. The highest BCUT2D eigenvalue weighted by Gasteiger charge is 2.31. The highest BCUT2D eigenvalue weighted by molar-refractivity contribution is 6.03.